The number of halogens is 1. The van der Waals surface area contributed by atoms with E-state index in [1.807, 2.05) is 25.1 Å². The number of rotatable bonds is 4. The first-order valence-corrected chi connectivity index (χ1v) is 10.8. The van der Waals surface area contributed by atoms with Gasteiger partial charge in [0.1, 0.15) is 5.82 Å². The molecule has 2 heterocycles. The Kier molecular flexibility index (Phi) is 4.76. The maximum Gasteiger partial charge on any atom is 0.175 e. The van der Waals surface area contributed by atoms with Gasteiger partial charge in [0, 0.05) is 23.1 Å². The fourth-order valence-electron chi connectivity index (χ4n) is 3.18. The highest BCUT2D eigenvalue weighted by molar-refractivity contribution is 7.90. The lowest BCUT2D eigenvalue weighted by Gasteiger charge is -2.09. The summed E-state index contributed by atoms with van der Waals surface area (Å²) in [5.41, 5.74) is 4.94. The molecule has 146 valence electrons. The topological polar surface area (TPSA) is 75.7 Å². The summed E-state index contributed by atoms with van der Waals surface area (Å²) >= 11 is 0. The van der Waals surface area contributed by atoms with Gasteiger partial charge < -0.3 is 0 Å². The molecule has 4 rings (SSSR count). The zero-order valence-electron chi connectivity index (χ0n) is 15.8. The smallest absolute Gasteiger partial charge is 0.175 e. The van der Waals surface area contributed by atoms with Gasteiger partial charge in [-0.2, -0.15) is 5.10 Å². The van der Waals surface area contributed by atoms with Gasteiger partial charge in [-0.1, -0.05) is 24.3 Å². The van der Waals surface area contributed by atoms with Gasteiger partial charge in [-0.05, 0) is 54.4 Å². The summed E-state index contributed by atoms with van der Waals surface area (Å²) in [4.78, 5) is 4.73. The highest BCUT2D eigenvalue weighted by atomic mass is 32.2. The molecule has 0 saturated heterocycles. The highest BCUT2D eigenvalue weighted by Gasteiger charge is 2.15. The van der Waals surface area contributed by atoms with Crippen molar-refractivity contribution >= 4 is 9.84 Å². The molecule has 0 spiro atoms. The maximum absolute atomic E-state index is 14.6. The molecular formula is C22H18FN3O2S. The maximum atomic E-state index is 14.6. The molecule has 0 aliphatic rings. The lowest BCUT2D eigenvalue weighted by molar-refractivity contribution is 0.602. The molecule has 29 heavy (non-hydrogen) atoms. The molecule has 2 aromatic heterocycles. The highest BCUT2D eigenvalue weighted by Crippen LogP contribution is 2.33. The summed E-state index contributed by atoms with van der Waals surface area (Å²) in [7, 11) is -3.31. The lowest BCUT2D eigenvalue weighted by atomic mass is 9.98. The first-order chi connectivity index (χ1) is 13.8. The predicted octanol–water partition coefficient (Wildman–Crippen LogP) is 4.66. The third-order valence-electron chi connectivity index (χ3n) is 4.65. The van der Waals surface area contributed by atoms with Crippen LogP contribution in [0.2, 0.25) is 0 Å². The number of aromatic amines is 1. The largest absolute Gasteiger partial charge is 0.276 e. The minimum atomic E-state index is -3.31. The summed E-state index contributed by atoms with van der Waals surface area (Å²) in [6, 6.07) is 16.7. The Balaban J connectivity index is 1.79. The number of hydrogen-bond acceptors (Lipinski definition) is 4. The van der Waals surface area contributed by atoms with E-state index in [2.05, 4.69) is 15.2 Å². The molecule has 0 saturated carbocycles. The number of aryl methyl sites for hydroxylation is 1. The van der Waals surface area contributed by atoms with Crippen LogP contribution >= 0.6 is 0 Å². The predicted molar refractivity (Wildman–Crippen MR) is 110 cm³/mol. The Morgan fingerprint density at radius 2 is 1.66 bits per heavy atom. The minimum absolute atomic E-state index is 0.195. The summed E-state index contributed by atoms with van der Waals surface area (Å²) < 4.78 is 37.9. The van der Waals surface area contributed by atoms with E-state index < -0.39 is 9.84 Å². The van der Waals surface area contributed by atoms with Crippen LogP contribution in [0.15, 0.2) is 71.8 Å². The summed E-state index contributed by atoms with van der Waals surface area (Å²) in [6.45, 7) is 1.91. The van der Waals surface area contributed by atoms with E-state index in [9.17, 15) is 12.8 Å². The van der Waals surface area contributed by atoms with Gasteiger partial charge in [0.15, 0.2) is 9.84 Å². The van der Waals surface area contributed by atoms with E-state index in [1.54, 1.807) is 30.5 Å². The molecule has 4 aromatic rings. The molecule has 0 amide bonds. The molecule has 7 heteroatoms. The first-order valence-electron chi connectivity index (χ1n) is 8.91. The lowest BCUT2D eigenvalue weighted by Crippen LogP contribution is -1.96. The normalized spacial score (nSPS) is 11.6. The number of hydrogen-bond donors (Lipinski definition) is 1. The first kappa shape index (κ1) is 19.0. The quantitative estimate of drug-likeness (QED) is 0.534. The molecular weight excluding hydrogens is 389 g/mol. The van der Waals surface area contributed by atoms with Gasteiger partial charge in [-0.15, -0.1) is 0 Å². The van der Waals surface area contributed by atoms with Crippen LogP contribution in [-0.4, -0.2) is 29.9 Å². The molecule has 0 radical (unpaired) electrons. The number of nitrogens with one attached hydrogen (secondary N) is 1. The molecule has 0 fully saturated rings. The van der Waals surface area contributed by atoms with Crippen LogP contribution in [0.25, 0.3) is 33.6 Å². The van der Waals surface area contributed by atoms with Crippen molar-refractivity contribution in [3.05, 3.63) is 78.4 Å². The van der Waals surface area contributed by atoms with Gasteiger partial charge in [-0.25, -0.2) is 12.8 Å². The number of pyridine rings is 1. The fraction of sp³-hybridized carbons (Fsp3) is 0.0909. The van der Waals surface area contributed by atoms with E-state index in [0.717, 1.165) is 34.5 Å². The molecule has 0 aliphatic heterocycles. The Labute approximate surface area is 168 Å². The van der Waals surface area contributed by atoms with E-state index in [4.69, 9.17) is 0 Å². The minimum Gasteiger partial charge on any atom is -0.276 e. The number of benzene rings is 2. The van der Waals surface area contributed by atoms with Crippen molar-refractivity contribution < 1.29 is 12.8 Å². The van der Waals surface area contributed by atoms with Crippen molar-refractivity contribution in [3.63, 3.8) is 0 Å². The second-order valence-electron chi connectivity index (χ2n) is 6.81. The van der Waals surface area contributed by atoms with Gasteiger partial charge in [-0.3, -0.25) is 10.1 Å². The van der Waals surface area contributed by atoms with Crippen LogP contribution in [0.5, 0.6) is 0 Å². The Morgan fingerprint density at radius 1 is 0.931 bits per heavy atom. The molecule has 0 bridgehead atoms. The van der Waals surface area contributed by atoms with Crippen molar-refractivity contribution in [1.29, 1.82) is 0 Å². The van der Waals surface area contributed by atoms with Crippen molar-refractivity contribution in [1.82, 2.24) is 15.2 Å². The molecule has 0 unspecified atom stereocenters. The zero-order valence-corrected chi connectivity index (χ0v) is 16.7. The van der Waals surface area contributed by atoms with E-state index >= 15 is 0 Å². The molecule has 0 aliphatic carbocycles. The SMILES string of the molecule is Cc1cccc(-c2[nH]ncc2-c2ccc(F)c(-c3ccc(S(C)(=O)=O)cc3)c2)n1. The van der Waals surface area contributed by atoms with Crippen molar-refractivity contribution in [2.75, 3.05) is 6.26 Å². The van der Waals surface area contributed by atoms with Gasteiger partial charge in [0.25, 0.3) is 0 Å². The van der Waals surface area contributed by atoms with Crippen LogP contribution in [0.3, 0.4) is 0 Å². The fourth-order valence-corrected chi connectivity index (χ4v) is 3.81. The van der Waals surface area contributed by atoms with Crippen LogP contribution in [0.1, 0.15) is 5.69 Å². The Bertz CT molecular complexity index is 1300. The third-order valence-corrected chi connectivity index (χ3v) is 5.78. The van der Waals surface area contributed by atoms with Crippen molar-refractivity contribution in [2.24, 2.45) is 0 Å². The van der Waals surface area contributed by atoms with E-state index in [-0.39, 0.29) is 10.7 Å². The number of H-pyrrole nitrogens is 1. The second kappa shape index (κ2) is 7.25. The van der Waals surface area contributed by atoms with Crippen molar-refractivity contribution in [3.8, 4) is 33.6 Å². The standard InChI is InChI=1S/C22H18FN3O2S/c1-14-4-3-5-21(25-14)22-19(13-24-26-22)16-8-11-20(23)18(12-16)15-6-9-17(10-7-15)29(2,27)28/h3-13H,1-2H3,(H,24,26). The van der Waals surface area contributed by atoms with Gasteiger partial charge in [0.05, 0.1) is 22.5 Å². The van der Waals surface area contributed by atoms with Crippen LogP contribution < -0.4 is 0 Å². The molecule has 2 aromatic carbocycles. The monoisotopic (exact) mass is 407 g/mol. The Hall–Kier alpha value is -3.32. The van der Waals surface area contributed by atoms with Crippen LogP contribution in [0, 0.1) is 12.7 Å². The summed E-state index contributed by atoms with van der Waals surface area (Å²) in [6.07, 6.45) is 2.83. The number of nitrogens with zero attached hydrogens (tertiary/aromatic N) is 2. The molecule has 1 N–H and O–H groups in total. The Morgan fingerprint density at radius 3 is 2.34 bits per heavy atom. The average molecular weight is 407 g/mol. The zero-order chi connectivity index (χ0) is 20.6. The summed E-state index contributed by atoms with van der Waals surface area (Å²) in [5.74, 6) is -0.389. The number of aromatic nitrogens is 3. The van der Waals surface area contributed by atoms with Crippen LogP contribution in [0.4, 0.5) is 4.39 Å². The second-order valence-corrected chi connectivity index (χ2v) is 8.83. The number of sulfone groups is 1. The van der Waals surface area contributed by atoms with Gasteiger partial charge in [0.2, 0.25) is 0 Å². The molecule has 5 nitrogen and oxygen atoms in total. The van der Waals surface area contributed by atoms with E-state index in [1.165, 1.54) is 18.2 Å². The van der Waals surface area contributed by atoms with Gasteiger partial charge >= 0.3 is 0 Å². The van der Waals surface area contributed by atoms with E-state index in [0.29, 0.717) is 11.1 Å². The summed E-state index contributed by atoms with van der Waals surface area (Å²) in [5, 5.41) is 7.12. The van der Waals surface area contributed by atoms with Crippen molar-refractivity contribution in [2.45, 2.75) is 11.8 Å². The molecule has 0 atom stereocenters. The average Bonchev–Trinajstić information content (AvgIpc) is 3.18. The third kappa shape index (κ3) is 3.82. The van der Waals surface area contributed by atoms with Crippen LogP contribution in [-0.2, 0) is 9.84 Å².